The van der Waals surface area contributed by atoms with Crippen molar-refractivity contribution in [1.82, 2.24) is 0 Å². The van der Waals surface area contributed by atoms with E-state index in [9.17, 15) is 0 Å². The molecule has 14 heavy (non-hydrogen) atoms. The lowest BCUT2D eigenvalue weighted by molar-refractivity contribution is 0.312. The van der Waals surface area contributed by atoms with Crippen LogP contribution in [0.4, 0.5) is 5.69 Å². The van der Waals surface area contributed by atoms with Gasteiger partial charge in [0.25, 0.3) is 0 Å². The number of hydrogen-bond donors (Lipinski definition) is 0. The number of fused-ring (bicyclic) bond motifs is 1. The topological polar surface area (TPSA) is 36.3 Å². The van der Waals surface area contributed by atoms with Crippen LogP contribution in [-0.4, -0.2) is 13.2 Å². The van der Waals surface area contributed by atoms with Gasteiger partial charge >= 0.3 is 0 Å². The molecule has 0 fully saturated rings. The predicted octanol–water partition coefficient (Wildman–Crippen LogP) is 1.92. The molecule has 0 N–H and O–H groups in total. The lowest BCUT2D eigenvalue weighted by Crippen LogP contribution is -2.31. The van der Waals surface area contributed by atoms with Crippen LogP contribution in [0.2, 0.25) is 0 Å². The summed E-state index contributed by atoms with van der Waals surface area (Å²) in [6.07, 6.45) is 0. The molecule has 0 amide bonds. The van der Waals surface area contributed by atoms with Crippen molar-refractivity contribution in [2.24, 2.45) is 0 Å². The minimum atomic E-state index is 0.459. The fourth-order valence-corrected chi connectivity index (χ4v) is 1.51. The predicted molar refractivity (Wildman–Crippen MR) is 54.0 cm³/mol. The van der Waals surface area contributed by atoms with Crippen LogP contribution in [0.5, 0.6) is 5.75 Å². The van der Waals surface area contributed by atoms with Crippen LogP contribution in [-0.2, 0) is 0 Å². The molecule has 0 atom stereocenters. The highest BCUT2D eigenvalue weighted by atomic mass is 16.5. The molecule has 0 spiro atoms. The van der Waals surface area contributed by atoms with E-state index in [2.05, 4.69) is 12.6 Å². The van der Waals surface area contributed by atoms with E-state index in [1.807, 2.05) is 29.2 Å². The summed E-state index contributed by atoms with van der Waals surface area (Å²) in [4.78, 5) is 1.87. The molecule has 1 aromatic rings. The van der Waals surface area contributed by atoms with Gasteiger partial charge in [0.15, 0.2) is 0 Å². The average molecular weight is 186 g/mol. The van der Waals surface area contributed by atoms with E-state index in [1.165, 1.54) is 0 Å². The van der Waals surface area contributed by atoms with Crippen LogP contribution in [0.15, 0.2) is 36.5 Å². The summed E-state index contributed by atoms with van der Waals surface area (Å²) in [7, 11) is 0. The van der Waals surface area contributed by atoms with Crippen LogP contribution in [0.3, 0.4) is 0 Å². The molecule has 0 saturated carbocycles. The second-order valence-electron chi connectivity index (χ2n) is 3.03. The molecule has 1 aromatic carbocycles. The summed E-state index contributed by atoms with van der Waals surface area (Å²) in [5.74, 6) is 0.815. The second-order valence-corrected chi connectivity index (χ2v) is 3.03. The zero-order valence-corrected chi connectivity index (χ0v) is 7.73. The Kier molecular flexibility index (Phi) is 2.11. The Morgan fingerprint density at radius 3 is 3.07 bits per heavy atom. The van der Waals surface area contributed by atoms with Crippen LogP contribution < -0.4 is 9.64 Å². The van der Waals surface area contributed by atoms with E-state index in [1.54, 1.807) is 0 Å². The van der Waals surface area contributed by atoms with Crippen LogP contribution in [0.1, 0.15) is 0 Å². The molecule has 0 unspecified atom stereocenters. The number of ether oxygens (including phenoxy) is 1. The van der Waals surface area contributed by atoms with Crippen LogP contribution >= 0.6 is 0 Å². The Bertz CT molecular complexity index is 406. The average Bonchev–Trinajstić information content (AvgIpc) is 2.27. The maximum atomic E-state index is 8.78. The van der Waals surface area contributed by atoms with E-state index in [0.29, 0.717) is 18.8 Å². The molecule has 0 saturated heterocycles. The highest BCUT2D eigenvalue weighted by molar-refractivity contribution is 5.64. The zero-order chi connectivity index (χ0) is 9.97. The molecule has 0 aromatic heterocycles. The highest BCUT2D eigenvalue weighted by Gasteiger charge is 2.18. The lowest BCUT2D eigenvalue weighted by atomic mass is 10.2. The minimum absolute atomic E-state index is 0.459. The van der Waals surface area contributed by atoms with Gasteiger partial charge in [-0.15, -0.1) is 0 Å². The van der Waals surface area contributed by atoms with Crippen molar-refractivity contribution < 1.29 is 4.74 Å². The Morgan fingerprint density at radius 2 is 2.29 bits per heavy atom. The molecule has 3 heteroatoms. The van der Waals surface area contributed by atoms with Crippen molar-refractivity contribution in [2.75, 3.05) is 18.1 Å². The first-order valence-electron chi connectivity index (χ1n) is 4.41. The van der Waals surface area contributed by atoms with Gasteiger partial charge in [0.2, 0.25) is 0 Å². The van der Waals surface area contributed by atoms with E-state index in [4.69, 9.17) is 10.00 Å². The van der Waals surface area contributed by atoms with Crippen molar-refractivity contribution >= 4 is 5.69 Å². The first kappa shape index (κ1) is 8.64. The second kappa shape index (κ2) is 3.43. The summed E-state index contributed by atoms with van der Waals surface area (Å²) in [5.41, 5.74) is 1.38. The van der Waals surface area contributed by atoms with Gasteiger partial charge in [0, 0.05) is 0 Å². The summed E-state index contributed by atoms with van der Waals surface area (Å²) >= 11 is 0. The van der Waals surface area contributed by atoms with Crippen molar-refractivity contribution in [3.63, 3.8) is 0 Å². The molecular weight excluding hydrogens is 176 g/mol. The van der Waals surface area contributed by atoms with Crippen molar-refractivity contribution in [3.8, 4) is 11.8 Å². The SMILES string of the molecule is C=C(C#N)N1CCOc2ccccc21. The molecule has 3 nitrogen and oxygen atoms in total. The van der Waals surface area contributed by atoms with Crippen molar-refractivity contribution in [3.05, 3.63) is 36.5 Å². The van der Waals surface area contributed by atoms with Gasteiger partial charge in [-0.3, -0.25) is 0 Å². The molecule has 1 aliphatic heterocycles. The van der Waals surface area contributed by atoms with Gasteiger partial charge in [-0.1, -0.05) is 18.7 Å². The van der Waals surface area contributed by atoms with E-state index >= 15 is 0 Å². The van der Waals surface area contributed by atoms with Gasteiger partial charge in [0.1, 0.15) is 24.1 Å². The number of nitrogens with zero attached hydrogens (tertiary/aromatic N) is 2. The Labute approximate surface area is 82.8 Å². The number of rotatable bonds is 1. The van der Waals surface area contributed by atoms with Gasteiger partial charge in [-0.2, -0.15) is 5.26 Å². The third kappa shape index (κ3) is 1.31. The highest BCUT2D eigenvalue weighted by Crippen LogP contribution is 2.32. The number of para-hydroxylation sites is 2. The third-order valence-electron chi connectivity index (χ3n) is 2.18. The number of nitriles is 1. The minimum Gasteiger partial charge on any atom is -0.490 e. The molecule has 1 heterocycles. The third-order valence-corrected chi connectivity index (χ3v) is 2.18. The largest absolute Gasteiger partial charge is 0.490 e. The van der Waals surface area contributed by atoms with Gasteiger partial charge in [-0.05, 0) is 12.1 Å². The van der Waals surface area contributed by atoms with Gasteiger partial charge < -0.3 is 9.64 Å². The maximum absolute atomic E-state index is 8.78. The number of allylic oxidation sites excluding steroid dienone is 1. The van der Waals surface area contributed by atoms with Crippen LogP contribution in [0, 0.1) is 11.3 Å². The quantitative estimate of drug-likeness (QED) is 0.629. The smallest absolute Gasteiger partial charge is 0.143 e. The first-order valence-corrected chi connectivity index (χ1v) is 4.41. The fourth-order valence-electron chi connectivity index (χ4n) is 1.51. The summed E-state index contributed by atoms with van der Waals surface area (Å²) < 4.78 is 5.46. The molecule has 0 aliphatic carbocycles. The molecular formula is C11H10N2O. The van der Waals surface area contributed by atoms with E-state index < -0.39 is 0 Å². The van der Waals surface area contributed by atoms with Crippen molar-refractivity contribution in [1.29, 1.82) is 5.26 Å². The number of hydrogen-bond acceptors (Lipinski definition) is 3. The monoisotopic (exact) mass is 186 g/mol. The van der Waals surface area contributed by atoms with Crippen molar-refractivity contribution in [2.45, 2.75) is 0 Å². The molecule has 70 valence electrons. The number of anilines is 1. The first-order chi connectivity index (χ1) is 6.83. The van der Waals surface area contributed by atoms with Gasteiger partial charge in [0.05, 0.1) is 12.2 Å². The normalized spacial score (nSPS) is 13.8. The standard InChI is InChI=1S/C11H10N2O/c1-9(8-12)13-6-7-14-11-5-3-2-4-10(11)13/h2-5H,1,6-7H2. The maximum Gasteiger partial charge on any atom is 0.143 e. The Morgan fingerprint density at radius 1 is 1.50 bits per heavy atom. The van der Waals surface area contributed by atoms with Crippen LogP contribution in [0.25, 0.3) is 0 Å². The molecule has 0 radical (unpaired) electrons. The van der Waals surface area contributed by atoms with E-state index in [-0.39, 0.29) is 0 Å². The molecule has 0 bridgehead atoms. The Hall–Kier alpha value is -1.95. The molecule has 1 aliphatic rings. The lowest BCUT2D eigenvalue weighted by Gasteiger charge is -2.29. The zero-order valence-electron chi connectivity index (χ0n) is 7.73. The fraction of sp³-hybridized carbons (Fsp3) is 0.182. The summed E-state index contributed by atoms with van der Waals surface area (Å²) in [5, 5.41) is 8.78. The Balaban J connectivity index is 2.41. The van der Waals surface area contributed by atoms with E-state index in [0.717, 1.165) is 11.4 Å². The molecule has 2 rings (SSSR count). The summed E-state index contributed by atoms with van der Waals surface area (Å²) in [6.45, 7) is 4.98. The summed E-state index contributed by atoms with van der Waals surface area (Å²) in [6, 6.07) is 9.71. The van der Waals surface area contributed by atoms with Gasteiger partial charge in [-0.25, -0.2) is 0 Å². The number of benzene rings is 1.